The number of carbonyl (C=O) groups excluding carboxylic acids is 2. The molecule has 0 radical (unpaired) electrons. The molecule has 216 valence electrons. The van der Waals surface area contributed by atoms with Crippen LogP contribution in [0.3, 0.4) is 0 Å². The first-order chi connectivity index (χ1) is 19.7. The molecule has 5 rings (SSSR count). The fraction of sp³-hybridized carbons (Fsp3) is 0.414. The Kier molecular flexibility index (Phi) is 8.13. The van der Waals surface area contributed by atoms with E-state index < -0.39 is 29.2 Å². The number of nitrogens with one attached hydrogen (secondary N) is 2. The number of primary amides is 1. The van der Waals surface area contributed by atoms with Gasteiger partial charge in [-0.1, -0.05) is 12.5 Å². The van der Waals surface area contributed by atoms with E-state index in [-0.39, 0.29) is 19.0 Å². The number of hydrogen-bond donors (Lipinski definition) is 3. The Bertz CT molecular complexity index is 1410. The molecule has 1 amide bonds. The maximum absolute atomic E-state index is 13.7. The summed E-state index contributed by atoms with van der Waals surface area (Å²) in [5.41, 5.74) is 5.45. The molecule has 0 atom stereocenters. The maximum Gasteiger partial charge on any atom is 0.317 e. The van der Waals surface area contributed by atoms with Gasteiger partial charge >= 0.3 is 5.97 Å². The molecule has 0 spiro atoms. The van der Waals surface area contributed by atoms with E-state index in [4.69, 9.17) is 24.9 Å². The number of aromatic nitrogens is 4. The summed E-state index contributed by atoms with van der Waals surface area (Å²) in [4.78, 5) is 42.2. The van der Waals surface area contributed by atoms with Gasteiger partial charge in [-0.25, -0.2) is 19.3 Å². The van der Waals surface area contributed by atoms with Crippen LogP contribution in [0.1, 0.15) is 51.1 Å². The third-order valence-corrected chi connectivity index (χ3v) is 7.38. The molecule has 1 aliphatic carbocycles. The predicted molar refractivity (Wildman–Crippen MR) is 148 cm³/mol. The predicted octanol–water partition coefficient (Wildman–Crippen LogP) is 4.05. The fourth-order valence-electron chi connectivity index (χ4n) is 4.96. The van der Waals surface area contributed by atoms with Gasteiger partial charge in [-0.3, -0.25) is 9.59 Å². The highest BCUT2D eigenvalue weighted by molar-refractivity contribution is 5.88. The lowest BCUT2D eigenvalue weighted by atomic mass is 9.83. The van der Waals surface area contributed by atoms with Gasteiger partial charge in [-0.05, 0) is 62.9 Å². The number of ether oxygens (including phenoxy) is 3. The number of rotatable bonds is 9. The van der Waals surface area contributed by atoms with Gasteiger partial charge in [0.2, 0.25) is 12.2 Å². The van der Waals surface area contributed by atoms with E-state index in [2.05, 4.69) is 26.8 Å². The van der Waals surface area contributed by atoms with Crippen molar-refractivity contribution in [2.45, 2.75) is 50.9 Å². The molecular formula is C29H33FN6O5. The summed E-state index contributed by atoms with van der Waals surface area (Å²) in [6.07, 6.45) is 5.67. The van der Waals surface area contributed by atoms with E-state index in [0.717, 1.165) is 19.3 Å². The number of hydrogen-bond acceptors (Lipinski definition) is 9. The number of aromatic amines is 1. The number of benzene rings is 1. The minimum atomic E-state index is -1.30. The van der Waals surface area contributed by atoms with E-state index in [9.17, 15) is 14.0 Å². The van der Waals surface area contributed by atoms with Crippen LogP contribution in [0.5, 0.6) is 0 Å². The zero-order valence-electron chi connectivity index (χ0n) is 22.8. The van der Waals surface area contributed by atoms with E-state index >= 15 is 0 Å². The molecule has 41 heavy (non-hydrogen) atoms. The SMILES string of the molecule is C=CCNc1nccc(-c2[nH]c(C3OCC(C)(C(=O)OC4(C(N)=O)CCCCC4)CO3)nc2-c2ccc(F)cc2)n1. The molecule has 2 aliphatic rings. The minimum Gasteiger partial charge on any atom is -0.448 e. The highest BCUT2D eigenvalue weighted by Crippen LogP contribution is 2.38. The zero-order chi connectivity index (χ0) is 29.0. The van der Waals surface area contributed by atoms with Crippen LogP contribution in [-0.4, -0.2) is 57.2 Å². The number of anilines is 1. The molecule has 0 unspecified atom stereocenters. The van der Waals surface area contributed by atoms with Gasteiger partial charge in [0.1, 0.15) is 11.2 Å². The Morgan fingerprint density at radius 1 is 1.17 bits per heavy atom. The van der Waals surface area contributed by atoms with Crippen molar-refractivity contribution in [2.24, 2.45) is 11.1 Å². The zero-order valence-corrected chi connectivity index (χ0v) is 22.8. The first kappa shape index (κ1) is 28.4. The number of halogens is 1. The van der Waals surface area contributed by atoms with E-state index in [1.54, 1.807) is 37.4 Å². The molecule has 1 saturated carbocycles. The molecule has 2 aromatic heterocycles. The summed E-state index contributed by atoms with van der Waals surface area (Å²) < 4.78 is 31.4. The monoisotopic (exact) mass is 564 g/mol. The summed E-state index contributed by atoms with van der Waals surface area (Å²) in [6, 6.07) is 7.65. The normalized spacial score (nSPS) is 22.0. The molecule has 11 nitrogen and oxygen atoms in total. The van der Waals surface area contributed by atoms with Crippen LogP contribution in [0.25, 0.3) is 22.6 Å². The second kappa shape index (κ2) is 11.8. The van der Waals surface area contributed by atoms with Crippen LogP contribution >= 0.6 is 0 Å². The number of nitrogens with two attached hydrogens (primary N) is 1. The average Bonchev–Trinajstić information content (AvgIpc) is 3.43. The van der Waals surface area contributed by atoms with Gasteiger partial charge in [0.15, 0.2) is 11.4 Å². The standard InChI is InChI=1S/C29H33FN6O5/c1-3-14-32-27-33-15-11-20(34-27)22-21(18-7-9-19(30)10-8-18)35-23(36-22)24-39-16-28(2,17-40-24)26(38)41-29(25(31)37)12-5-4-6-13-29/h3,7-11,15,24H,1,4-6,12-14,16-17H2,2H3,(H2,31,37)(H,35,36)(H,32,33,34). The van der Waals surface area contributed by atoms with Crippen LogP contribution in [-0.2, 0) is 23.8 Å². The summed E-state index contributed by atoms with van der Waals surface area (Å²) >= 11 is 0. The Hall–Kier alpha value is -4.16. The van der Waals surface area contributed by atoms with Crippen LogP contribution in [0.15, 0.2) is 49.2 Å². The number of H-pyrrole nitrogens is 1. The number of carbonyl (C=O) groups is 2. The lowest BCUT2D eigenvalue weighted by molar-refractivity contribution is -0.243. The van der Waals surface area contributed by atoms with Gasteiger partial charge < -0.3 is 30.2 Å². The van der Waals surface area contributed by atoms with Crippen molar-refractivity contribution in [3.63, 3.8) is 0 Å². The van der Waals surface area contributed by atoms with Crippen LogP contribution < -0.4 is 11.1 Å². The van der Waals surface area contributed by atoms with Crippen molar-refractivity contribution in [3.05, 3.63) is 60.8 Å². The Morgan fingerprint density at radius 3 is 2.54 bits per heavy atom. The molecule has 12 heteroatoms. The Morgan fingerprint density at radius 2 is 1.88 bits per heavy atom. The number of esters is 1. The van der Waals surface area contributed by atoms with Crippen molar-refractivity contribution in [1.29, 1.82) is 0 Å². The summed E-state index contributed by atoms with van der Waals surface area (Å²) in [7, 11) is 0. The molecular weight excluding hydrogens is 531 g/mol. The van der Waals surface area contributed by atoms with E-state index in [1.165, 1.54) is 12.1 Å². The Labute approximate surface area is 236 Å². The van der Waals surface area contributed by atoms with Crippen molar-refractivity contribution in [3.8, 4) is 22.6 Å². The fourth-order valence-corrected chi connectivity index (χ4v) is 4.96. The van der Waals surface area contributed by atoms with Crippen LogP contribution in [0.4, 0.5) is 10.3 Å². The number of nitrogens with zero attached hydrogens (tertiary/aromatic N) is 3. The van der Waals surface area contributed by atoms with Gasteiger partial charge in [0, 0.05) is 18.3 Å². The lowest BCUT2D eigenvalue weighted by Crippen LogP contribution is -2.53. The molecule has 1 aromatic carbocycles. The van der Waals surface area contributed by atoms with Crippen molar-refractivity contribution in [2.75, 3.05) is 25.1 Å². The number of amides is 1. The number of imidazole rings is 1. The molecule has 4 N–H and O–H groups in total. The van der Waals surface area contributed by atoms with Gasteiger partial charge in [0.05, 0.1) is 30.3 Å². The quantitative estimate of drug-likeness (QED) is 0.258. The summed E-state index contributed by atoms with van der Waals surface area (Å²) in [5.74, 6) is -0.858. The van der Waals surface area contributed by atoms with Crippen molar-refractivity contribution in [1.82, 2.24) is 19.9 Å². The first-order valence-corrected chi connectivity index (χ1v) is 13.5. The third-order valence-electron chi connectivity index (χ3n) is 7.38. The molecule has 3 aromatic rings. The highest BCUT2D eigenvalue weighted by Gasteiger charge is 2.48. The molecule has 0 bridgehead atoms. The second-order valence-electron chi connectivity index (χ2n) is 10.6. The Balaban J connectivity index is 1.38. The summed E-state index contributed by atoms with van der Waals surface area (Å²) in [5, 5.41) is 3.05. The smallest absolute Gasteiger partial charge is 0.317 e. The van der Waals surface area contributed by atoms with E-state index in [0.29, 0.717) is 53.8 Å². The minimum absolute atomic E-state index is 0.0314. The van der Waals surface area contributed by atoms with Gasteiger partial charge in [-0.2, -0.15) is 0 Å². The van der Waals surface area contributed by atoms with Gasteiger partial charge in [-0.15, -0.1) is 6.58 Å². The van der Waals surface area contributed by atoms with Crippen LogP contribution in [0, 0.1) is 11.2 Å². The van der Waals surface area contributed by atoms with Crippen LogP contribution in [0.2, 0.25) is 0 Å². The summed E-state index contributed by atoms with van der Waals surface area (Å²) in [6.45, 7) is 5.77. The van der Waals surface area contributed by atoms with Crippen molar-refractivity contribution >= 4 is 17.8 Å². The second-order valence-corrected chi connectivity index (χ2v) is 10.6. The molecule has 2 fully saturated rings. The molecule has 1 aliphatic heterocycles. The highest BCUT2D eigenvalue weighted by atomic mass is 19.1. The lowest BCUT2D eigenvalue weighted by Gasteiger charge is -2.39. The topological polar surface area (TPSA) is 154 Å². The van der Waals surface area contributed by atoms with Gasteiger partial charge in [0.25, 0.3) is 5.91 Å². The average molecular weight is 565 g/mol. The molecule has 1 saturated heterocycles. The van der Waals surface area contributed by atoms with Crippen molar-refractivity contribution < 1.29 is 28.2 Å². The van der Waals surface area contributed by atoms with E-state index in [1.807, 2.05) is 0 Å². The largest absolute Gasteiger partial charge is 0.448 e. The molecule has 3 heterocycles. The first-order valence-electron chi connectivity index (χ1n) is 13.5. The maximum atomic E-state index is 13.7. The third kappa shape index (κ3) is 5.98.